The molecule has 0 radical (unpaired) electrons. The zero-order chi connectivity index (χ0) is 12.0. The molecule has 0 bridgehead atoms. The Morgan fingerprint density at radius 3 is 2.00 bits per heavy atom. The van der Waals surface area contributed by atoms with Gasteiger partial charge in [0.1, 0.15) is 0 Å². The van der Waals surface area contributed by atoms with E-state index >= 15 is 0 Å². The van der Waals surface area contributed by atoms with E-state index in [4.69, 9.17) is 11.5 Å². The molecule has 1 fully saturated rings. The Morgan fingerprint density at radius 1 is 1.12 bits per heavy atom. The zero-order valence-corrected chi connectivity index (χ0v) is 10.5. The summed E-state index contributed by atoms with van der Waals surface area (Å²) in [6.07, 6.45) is 2.10. The van der Waals surface area contributed by atoms with Crippen LogP contribution < -0.4 is 11.5 Å². The van der Waals surface area contributed by atoms with Crippen LogP contribution >= 0.6 is 0 Å². The molecule has 1 aromatic rings. The van der Waals surface area contributed by atoms with Gasteiger partial charge in [0, 0.05) is 11.6 Å². The number of nitrogens with two attached hydrogens (primary N) is 2. The van der Waals surface area contributed by atoms with Crippen molar-refractivity contribution in [3.8, 4) is 0 Å². The fourth-order valence-electron chi connectivity index (χ4n) is 1.98. The highest BCUT2D eigenvalue weighted by atomic mass is 14.9. The lowest BCUT2D eigenvalue weighted by atomic mass is 9.85. The standard InChI is InChI=1S/C14H22N2/c1-13(2,3)11-6-4-10(5-7-11)12(15)14(16)8-9-14/h4-7,12H,8-9,15-16H2,1-3H3. The first-order valence-electron chi connectivity index (χ1n) is 5.98. The first-order valence-corrected chi connectivity index (χ1v) is 5.98. The molecule has 16 heavy (non-hydrogen) atoms. The molecule has 4 N–H and O–H groups in total. The Hall–Kier alpha value is -0.860. The first-order chi connectivity index (χ1) is 7.33. The van der Waals surface area contributed by atoms with Crippen molar-refractivity contribution in [1.29, 1.82) is 0 Å². The highest BCUT2D eigenvalue weighted by Gasteiger charge is 2.44. The van der Waals surface area contributed by atoms with Crippen LogP contribution in [0, 0.1) is 0 Å². The third-order valence-electron chi connectivity index (χ3n) is 3.58. The lowest BCUT2D eigenvalue weighted by Crippen LogP contribution is -2.36. The van der Waals surface area contributed by atoms with Crippen molar-refractivity contribution >= 4 is 0 Å². The second kappa shape index (κ2) is 3.57. The molecule has 1 unspecified atom stereocenters. The van der Waals surface area contributed by atoms with E-state index in [9.17, 15) is 0 Å². The molecule has 0 aliphatic heterocycles. The highest BCUT2D eigenvalue weighted by molar-refractivity contribution is 5.32. The van der Waals surface area contributed by atoms with Gasteiger partial charge in [0.15, 0.2) is 0 Å². The van der Waals surface area contributed by atoms with Crippen LogP contribution in [-0.2, 0) is 5.41 Å². The molecule has 1 aliphatic carbocycles. The second-order valence-corrected chi connectivity index (χ2v) is 6.08. The van der Waals surface area contributed by atoms with Crippen LogP contribution in [-0.4, -0.2) is 5.54 Å². The molecule has 1 aliphatic rings. The minimum Gasteiger partial charge on any atom is -0.323 e. The predicted octanol–water partition coefficient (Wildman–Crippen LogP) is 2.48. The van der Waals surface area contributed by atoms with Gasteiger partial charge in [0.05, 0.1) is 0 Å². The zero-order valence-electron chi connectivity index (χ0n) is 10.5. The van der Waals surface area contributed by atoms with E-state index in [2.05, 4.69) is 45.0 Å². The fraction of sp³-hybridized carbons (Fsp3) is 0.571. The molecule has 0 heterocycles. The molecule has 2 rings (SSSR count). The summed E-state index contributed by atoms with van der Waals surface area (Å²) in [6.45, 7) is 6.65. The van der Waals surface area contributed by atoms with E-state index in [1.54, 1.807) is 0 Å². The third-order valence-corrected chi connectivity index (χ3v) is 3.58. The van der Waals surface area contributed by atoms with Crippen LogP contribution in [0.2, 0.25) is 0 Å². The van der Waals surface area contributed by atoms with Crippen LogP contribution in [0.4, 0.5) is 0 Å². The van der Waals surface area contributed by atoms with E-state index < -0.39 is 0 Å². The van der Waals surface area contributed by atoms with Gasteiger partial charge in [-0.25, -0.2) is 0 Å². The van der Waals surface area contributed by atoms with Gasteiger partial charge in [-0.1, -0.05) is 45.0 Å². The summed E-state index contributed by atoms with van der Waals surface area (Å²) in [5.74, 6) is 0. The van der Waals surface area contributed by atoms with Crippen molar-refractivity contribution in [2.75, 3.05) is 0 Å². The molecule has 0 aromatic heterocycles. The van der Waals surface area contributed by atoms with Gasteiger partial charge in [-0.2, -0.15) is 0 Å². The quantitative estimate of drug-likeness (QED) is 0.801. The van der Waals surface area contributed by atoms with Gasteiger partial charge in [-0.05, 0) is 29.4 Å². The summed E-state index contributed by atoms with van der Waals surface area (Å²) in [7, 11) is 0. The minimum atomic E-state index is -0.136. The summed E-state index contributed by atoms with van der Waals surface area (Å²) < 4.78 is 0. The Kier molecular flexibility index (Phi) is 2.59. The molecule has 0 spiro atoms. The Morgan fingerprint density at radius 2 is 1.62 bits per heavy atom. The van der Waals surface area contributed by atoms with Crippen LogP contribution in [0.15, 0.2) is 24.3 Å². The van der Waals surface area contributed by atoms with Gasteiger partial charge in [-0.15, -0.1) is 0 Å². The molecule has 1 saturated carbocycles. The molecule has 2 heteroatoms. The largest absolute Gasteiger partial charge is 0.323 e. The maximum Gasteiger partial charge on any atom is 0.0477 e. The SMILES string of the molecule is CC(C)(C)c1ccc(C(N)C2(N)CC2)cc1. The van der Waals surface area contributed by atoms with Crippen molar-refractivity contribution in [2.24, 2.45) is 11.5 Å². The van der Waals surface area contributed by atoms with Crippen molar-refractivity contribution in [1.82, 2.24) is 0 Å². The molecule has 0 amide bonds. The van der Waals surface area contributed by atoms with Gasteiger partial charge >= 0.3 is 0 Å². The Labute approximate surface area is 98.0 Å². The molecule has 2 nitrogen and oxygen atoms in total. The van der Waals surface area contributed by atoms with E-state index in [0.29, 0.717) is 0 Å². The molecule has 1 atom stereocenters. The van der Waals surface area contributed by atoms with Gasteiger partial charge in [0.2, 0.25) is 0 Å². The van der Waals surface area contributed by atoms with Crippen molar-refractivity contribution in [3.05, 3.63) is 35.4 Å². The number of benzene rings is 1. The van der Waals surface area contributed by atoms with Crippen LogP contribution in [0.5, 0.6) is 0 Å². The first kappa shape index (κ1) is 11.6. The maximum atomic E-state index is 6.17. The van der Waals surface area contributed by atoms with Gasteiger partial charge in [-0.3, -0.25) is 0 Å². The van der Waals surface area contributed by atoms with Crippen molar-refractivity contribution < 1.29 is 0 Å². The van der Waals surface area contributed by atoms with E-state index in [1.807, 2.05) is 0 Å². The average Bonchev–Trinajstić information content (AvgIpc) is 2.96. The van der Waals surface area contributed by atoms with Crippen molar-refractivity contribution in [3.63, 3.8) is 0 Å². The predicted molar refractivity (Wildman–Crippen MR) is 68.2 cm³/mol. The highest BCUT2D eigenvalue weighted by Crippen LogP contribution is 2.42. The number of hydrogen-bond acceptors (Lipinski definition) is 2. The van der Waals surface area contributed by atoms with E-state index in [-0.39, 0.29) is 17.0 Å². The molecule has 0 saturated heterocycles. The Bertz CT molecular complexity index is 369. The molecular formula is C14H22N2. The minimum absolute atomic E-state index is 0.0125. The summed E-state index contributed by atoms with van der Waals surface area (Å²) in [5.41, 5.74) is 14.8. The maximum absolute atomic E-state index is 6.17. The molecule has 88 valence electrons. The summed E-state index contributed by atoms with van der Waals surface area (Å²) in [5, 5.41) is 0. The van der Waals surface area contributed by atoms with Crippen LogP contribution in [0.1, 0.15) is 50.8 Å². The number of rotatable bonds is 2. The molecule has 1 aromatic carbocycles. The van der Waals surface area contributed by atoms with Crippen LogP contribution in [0.3, 0.4) is 0 Å². The lowest BCUT2D eigenvalue weighted by Gasteiger charge is -2.22. The van der Waals surface area contributed by atoms with E-state index in [1.165, 1.54) is 5.56 Å². The summed E-state index contributed by atoms with van der Waals surface area (Å²) in [4.78, 5) is 0. The van der Waals surface area contributed by atoms with Gasteiger partial charge < -0.3 is 11.5 Å². The average molecular weight is 218 g/mol. The van der Waals surface area contributed by atoms with E-state index in [0.717, 1.165) is 18.4 Å². The van der Waals surface area contributed by atoms with Crippen molar-refractivity contribution in [2.45, 2.75) is 50.6 Å². The smallest absolute Gasteiger partial charge is 0.0477 e. The second-order valence-electron chi connectivity index (χ2n) is 6.08. The topological polar surface area (TPSA) is 52.0 Å². The fourth-order valence-corrected chi connectivity index (χ4v) is 1.98. The third kappa shape index (κ3) is 2.13. The Balaban J connectivity index is 2.19. The van der Waals surface area contributed by atoms with Crippen LogP contribution in [0.25, 0.3) is 0 Å². The lowest BCUT2D eigenvalue weighted by molar-refractivity contribution is 0.534. The number of hydrogen-bond donors (Lipinski definition) is 2. The monoisotopic (exact) mass is 218 g/mol. The normalized spacial score (nSPS) is 20.6. The summed E-state index contributed by atoms with van der Waals surface area (Å²) in [6, 6.07) is 8.57. The molecular weight excluding hydrogens is 196 g/mol. The van der Waals surface area contributed by atoms with Gasteiger partial charge in [0.25, 0.3) is 0 Å². The summed E-state index contributed by atoms with van der Waals surface area (Å²) >= 11 is 0.